The van der Waals surface area contributed by atoms with E-state index in [9.17, 15) is 9.59 Å². The van der Waals surface area contributed by atoms with Crippen molar-refractivity contribution in [2.75, 3.05) is 6.61 Å². The van der Waals surface area contributed by atoms with Crippen LogP contribution in [0.25, 0.3) is 0 Å². The Morgan fingerprint density at radius 3 is 2.52 bits per heavy atom. The van der Waals surface area contributed by atoms with Crippen molar-refractivity contribution in [2.45, 2.75) is 45.4 Å². The number of hydrogen-bond acceptors (Lipinski definition) is 5. The van der Waals surface area contributed by atoms with Crippen LogP contribution in [0.2, 0.25) is 0 Å². The third-order valence-corrected chi connectivity index (χ3v) is 5.73. The lowest BCUT2D eigenvalue weighted by Gasteiger charge is -2.33. The molecule has 0 aliphatic carbocycles. The first-order chi connectivity index (χ1) is 12.0. The van der Waals surface area contributed by atoms with E-state index in [0.29, 0.717) is 16.4 Å². The average Bonchev–Trinajstić information content (AvgIpc) is 2.90. The number of thioether (sulfide) groups is 1. The molecule has 1 aromatic carbocycles. The molecule has 3 rings (SSSR count). The molecule has 5 nitrogen and oxygen atoms in total. The molecule has 2 heterocycles. The zero-order chi connectivity index (χ0) is 18.1. The fourth-order valence-electron chi connectivity index (χ4n) is 3.12. The molecular formula is C19H22N2O3S. The van der Waals surface area contributed by atoms with Gasteiger partial charge < -0.3 is 4.74 Å². The first-order valence-corrected chi connectivity index (χ1v) is 9.38. The number of nitrogens with zero attached hydrogens (tertiary/aromatic N) is 2. The highest BCUT2D eigenvalue weighted by Crippen LogP contribution is 2.43. The Bertz CT molecular complexity index is 767. The summed E-state index contributed by atoms with van der Waals surface area (Å²) in [7, 11) is 0. The SMILES string of the molecule is CCOC(=O)C1=C(C)N=C2S[C@H](CC)C(=O)N2[C@H]1c1ccc(C)cc1. The molecule has 0 saturated carbocycles. The van der Waals surface area contributed by atoms with E-state index in [1.807, 2.05) is 45.0 Å². The summed E-state index contributed by atoms with van der Waals surface area (Å²) in [5.74, 6) is -0.405. The van der Waals surface area contributed by atoms with Crippen LogP contribution in [0.3, 0.4) is 0 Å². The molecule has 0 N–H and O–H groups in total. The molecule has 6 heteroatoms. The predicted octanol–water partition coefficient (Wildman–Crippen LogP) is 3.60. The van der Waals surface area contributed by atoms with Crippen LogP contribution >= 0.6 is 11.8 Å². The van der Waals surface area contributed by atoms with Gasteiger partial charge in [-0.15, -0.1) is 0 Å². The summed E-state index contributed by atoms with van der Waals surface area (Å²) >= 11 is 1.48. The molecule has 1 amide bonds. The minimum atomic E-state index is -0.483. The zero-order valence-corrected chi connectivity index (χ0v) is 15.7. The Hall–Kier alpha value is -2.08. The number of aryl methyl sites for hydroxylation is 1. The second-order valence-electron chi connectivity index (χ2n) is 6.15. The van der Waals surface area contributed by atoms with Crippen molar-refractivity contribution in [1.82, 2.24) is 4.90 Å². The number of allylic oxidation sites excluding steroid dienone is 1. The molecule has 0 bridgehead atoms. The monoisotopic (exact) mass is 358 g/mol. The second-order valence-corrected chi connectivity index (χ2v) is 7.32. The molecule has 2 aliphatic rings. The lowest BCUT2D eigenvalue weighted by Crippen LogP contribution is -2.40. The summed E-state index contributed by atoms with van der Waals surface area (Å²) in [4.78, 5) is 31.7. The average molecular weight is 358 g/mol. The number of amidine groups is 1. The van der Waals surface area contributed by atoms with E-state index in [1.54, 1.807) is 11.8 Å². The predicted molar refractivity (Wildman–Crippen MR) is 99.2 cm³/mol. The molecule has 132 valence electrons. The lowest BCUT2D eigenvalue weighted by molar-refractivity contribution is -0.139. The van der Waals surface area contributed by atoms with E-state index in [0.717, 1.165) is 17.5 Å². The van der Waals surface area contributed by atoms with Gasteiger partial charge in [0.2, 0.25) is 5.91 Å². The van der Waals surface area contributed by atoms with Crippen molar-refractivity contribution in [1.29, 1.82) is 0 Å². The van der Waals surface area contributed by atoms with Gasteiger partial charge in [-0.1, -0.05) is 48.5 Å². The van der Waals surface area contributed by atoms with E-state index in [1.165, 1.54) is 11.8 Å². The van der Waals surface area contributed by atoms with Crippen molar-refractivity contribution in [3.63, 3.8) is 0 Å². The zero-order valence-electron chi connectivity index (χ0n) is 14.9. The maximum Gasteiger partial charge on any atom is 0.338 e. The van der Waals surface area contributed by atoms with Gasteiger partial charge in [-0.3, -0.25) is 9.69 Å². The lowest BCUT2D eigenvalue weighted by atomic mass is 9.93. The Labute approximate surface area is 152 Å². The number of benzene rings is 1. The van der Waals surface area contributed by atoms with Crippen LogP contribution in [0.1, 0.15) is 44.4 Å². The normalized spacial score (nSPS) is 22.8. The molecule has 0 aromatic heterocycles. The molecule has 1 aromatic rings. The number of aliphatic imine (C=N–C) groups is 1. The Kier molecular flexibility index (Phi) is 4.99. The van der Waals surface area contributed by atoms with Crippen molar-refractivity contribution in [3.05, 3.63) is 46.7 Å². The summed E-state index contributed by atoms with van der Waals surface area (Å²) in [6, 6.07) is 7.43. The van der Waals surface area contributed by atoms with Crippen molar-refractivity contribution >= 4 is 28.8 Å². The second kappa shape index (κ2) is 7.04. The minimum Gasteiger partial charge on any atom is -0.463 e. The molecule has 0 spiro atoms. The Morgan fingerprint density at radius 2 is 1.92 bits per heavy atom. The number of rotatable bonds is 4. The standard InChI is InChI=1S/C19H22N2O3S/c1-5-14-17(22)21-16(13-9-7-11(3)8-10-13)15(18(23)24-6-2)12(4)20-19(21)25-14/h7-10,14,16H,5-6H2,1-4H3/t14-,16+/m1/s1. The quantitative estimate of drug-likeness (QED) is 0.772. The number of ether oxygens (including phenoxy) is 1. The Morgan fingerprint density at radius 1 is 1.24 bits per heavy atom. The summed E-state index contributed by atoms with van der Waals surface area (Å²) in [6.45, 7) is 7.86. The van der Waals surface area contributed by atoms with Crippen LogP contribution in [-0.4, -0.2) is 33.8 Å². The van der Waals surface area contributed by atoms with Gasteiger partial charge in [-0.2, -0.15) is 0 Å². The first kappa shape index (κ1) is 17.7. The van der Waals surface area contributed by atoms with Gasteiger partial charge in [0.25, 0.3) is 0 Å². The van der Waals surface area contributed by atoms with E-state index in [4.69, 9.17) is 4.74 Å². The molecule has 25 heavy (non-hydrogen) atoms. The molecule has 0 radical (unpaired) electrons. The first-order valence-electron chi connectivity index (χ1n) is 8.50. The van der Waals surface area contributed by atoms with Crippen molar-refractivity contribution in [3.8, 4) is 0 Å². The van der Waals surface area contributed by atoms with E-state index < -0.39 is 12.0 Å². The molecule has 1 saturated heterocycles. The maximum atomic E-state index is 12.9. The third-order valence-electron chi connectivity index (χ3n) is 4.41. The summed E-state index contributed by atoms with van der Waals surface area (Å²) in [5, 5.41) is 0.522. The number of amides is 1. The summed E-state index contributed by atoms with van der Waals surface area (Å²) in [5.41, 5.74) is 3.08. The number of carbonyl (C=O) groups is 2. The molecule has 2 atom stereocenters. The number of esters is 1. The van der Waals surface area contributed by atoms with Crippen LogP contribution in [-0.2, 0) is 14.3 Å². The molecular weight excluding hydrogens is 336 g/mol. The molecule has 0 unspecified atom stereocenters. The summed E-state index contributed by atoms with van der Waals surface area (Å²) in [6.07, 6.45) is 0.730. The van der Waals surface area contributed by atoms with Crippen LogP contribution in [0.4, 0.5) is 0 Å². The van der Waals surface area contributed by atoms with Gasteiger partial charge in [-0.05, 0) is 32.8 Å². The third kappa shape index (κ3) is 3.11. The van der Waals surface area contributed by atoms with Crippen LogP contribution in [0.15, 0.2) is 40.5 Å². The smallest absolute Gasteiger partial charge is 0.338 e. The highest BCUT2D eigenvalue weighted by atomic mass is 32.2. The van der Waals surface area contributed by atoms with Crippen LogP contribution in [0.5, 0.6) is 0 Å². The van der Waals surface area contributed by atoms with Gasteiger partial charge in [-0.25, -0.2) is 9.79 Å². The van der Waals surface area contributed by atoms with Gasteiger partial charge in [0.1, 0.15) is 0 Å². The Balaban J connectivity index is 2.13. The number of hydrogen-bond donors (Lipinski definition) is 0. The van der Waals surface area contributed by atoms with E-state index in [-0.39, 0.29) is 17.8 Å². The highest BCUT2D eigenvalue weighted by molar-refractivity contribution is 8.15. The highest BCUT2D eigenvalue weighted by Gasteiger charge is 2.47. The largest absolute Gasteiger partial charge is 0.463 e. The van der Waals surface area contributed by atoms with Gasteiger partial charge in [0.15, 0.2) is 5.17 Å². The number of carbonyl (C=O) groups excluding carboxylic acids is 2. The van der Waals surface area contributed by atoms with Crippen LogP contribution in [0, 0.1) is 6.92 Å². The van der Waals surface area contributed by atoms with Crippen LogP contribution < -0.4 is 0 Å². The van der Waals surface area contributed by atoms with E-state index in [2.05, 4.69) is 4.99 Å². The van der Waals surface area contributed by atoms with Crippen molar-refractivity contribution < 1.29 is 14.3 Å². The maximum absolute atomic E-state index is 12.9. The number of fused-ring (bicyclic) bond motifs is 1. The van der Waals surface area contributed by atoms with Crippen molar-refractivity contribution in [2.24, 2.45) is 4.99 Å². The fourth-order valence-corrected chi connectivity index (χ4v) is 4.26. The van der Waals surface area contributed by atoms with Gasteiger partial charge in [0, 0.05) is 0 Å². The molecule has 2 aliphatic heterocycles. The topological polar surface area (TPSA) is 59.0 Å². The van der Waals surface area contributed by atoms with Gasteiger partial charge >= 0.3 is 5.97 Å². The van der Waals surface area contributed by atoms with Gasteiger partial charge in [0.05, 0.1) is 29.2 Å². The molecule has 1 fully saturated rings. The fraction of sp³-hybridized carbons (Fsp3) is 0.421. The summed E-state index contributed by atoms with van der Waals surface area (Å²) < 4.78 is 5.25. The minimum absolute atomic E-state index is 0.00567. The van der Waals surface area contributed by atoms with E-state index >= 15 is 0 Å².